The van der Waals surface area contributed by atoms with Crippen molar-refractivity contribution in [3.8, 4) is 0 Å². The summed E-state index contributed by atoms with van der Waals surface area (Å²) in [4.78, 5) is 28.2. The third-order valence-corrected chi connectivity index (χ3v) is 6.33. The summed E-state index contributed by atoms with van der Waals surface area (Å²) in [5, 5.41) is 3.20. The van der Waals surface area contributed by atoms with Crippen LogP contribution in [0.5, 0.6) is 0 Å². The lowest BCUT2D eigenvalue weighted by atomic mass is 9.78. The predicted molar refractivity (Wildman–Crippen MR) is 121 cm³/mol. The molecule has 1 saturated carbocycles. The van der Waals surface area contributed by atoms with Crippen molar-refractivity contribution in [1.82, 2.24) is 0 Å². The van der Waals surface area contributed by atoms with Crippen LogP contribution in [0.15, 0.2) is 48.5 Å². The van der Waals surface area contributed by atoms with Crippen LogP contribution in [0.1, 0.15) is 48.5 Å². The van der Waals surface area contributed by atoms with Gasteiger partial charge >= 0.3 is 5.97 Å². The zero-order valence-electron chi connectivity index (χ0n) is 18.1. The minimum atomic E-state index is -0.538. The summed E-state index contributed by atoms with van der Waals surface area (Å²) in [5.74, 6) is -0.392. The lowest BCUT2D eigenvalue weighted by Crippen LogP contribution is -2.40. The molecule has 164 valence electrons. The van der Waals surface area contributed by atoms with Crippen LogP contribution >= 0.6 is 0 Å². The first-order chi connectivity index (χ1) is 15.1. The molecule has 1 aliphatic heterocycles. The number of esters is 1. The van der Waals surface area contributed by atoms with Gasteiger partial charge in [-0.25, -0.2) is 4.79 Å². The summed E-state index contributed by atoms with van der Waals surface area (Å²) in [5.41, 5.74) is 2.52. The number of anilines is 2. The molecule has 4 rings (SSSR count). The molecule has 0 atom stereocenters. The van der Waals surface area contributed by atoms with Gasteiger partial charge in [-0.15, -0.1) is 0 Å². The van der Waals surface area contributed by atoms with Gasteiger partial charge in [0.05, 0.1) is 42.2 Å². The maximum Gasteiger partial charge on any atom is 0.338 e. The van der Waals surface area contributed by atoms with Crippen LogP contribution in [-0.2, 0) is 19.7 Å². The Labute approximate surface area is 183 Å². The molecule has 1 amide bonds. The molecule has 0 radical (unpaired) electrons. The van der Waals surface area contributed by atoms with Crippen molar-refractivity contribution in [3.63, 3.8) is 0 Å². The average molecular weight is 423 g/mol. The Morgan fingerprint density at radius 3 is 2.45 bits per heavy atom. The van der Waals surface area contributed by atoms with E-state index >= 15 is 0 Å². The summed E-state index contributed by atoms with van der Waals surface area (Å²) >= 11 is 0. The summed E-state index contributed by atoms with van der Waals surface area (Å²) in [7, 11) is 0. The Balaban J connectivity index is 1.68. The maximum atomic E-state index is 13.7. The summed E-state index contributed by atoms with van der Waals surface area (Å²) in [6.07, 6.45) is 3.71. The Kier molecular flexibility index (Phi) is 6.56. The van der Waals surface area contributed by atoms with Crippen LogP contribution in [-0.4, -0.2) is 44.8 Å². The van der Waals surface area contributed by atoms with E-state index in [-0.39, 0.29) is 11.9 Å². The highest BCUT2D eigenvalue weighted by molar-refractivity contribution is 6.03. The largest absolute Gasteiger partial charge is 0.462 e. The van der Waals surface area contributed by atoms with E-state index in [2.05, 4.69) is 10.2 Å². The Morgan fingerprint density at radius 2 is 1.77 bits per heavy atom. The first-order valence-electron chi connectivity index (χ1n) is 11.1. The number of nitrogens with one attached hydrogen (secondary N) is 1. The third-order valence-electron chi connectivity index (χ3n) is 6.33. The Hall–Kier alpha value is -2.86. The molecule has 1 N–H and O–H groups in total. The number of hydrogen-bond acceptors (Lipinski definition) is 5. The van der Waals surface area contributed by atoms with Crippen LogP contribution in [0.2, 0.25) is 0 Å². The summed E-state index contributed by atoms with van der Waals surface area (Å²) in [6, 6.07) is 15.5. The second kappa shape index (κ2) is 9.52. The van der Waals surface area contributed by atoms with Gasteiger partial charge < -0.3 is 19.7 Å². The summed E-state index contributed by atoms with van der Waals surface area (Å²) < 4.78 is 10.7. The zero-order valence-corrected chi connectivity index (χ0v) is 18.1. The van der Waals surface area contributed by atoms with Crippen LogP contribution in [0.3, 0.4) is 0 Å². The molecule has 1 heterocycles. The maximum absolute atomic E-state index is 13.7. The molecule has 0 aromatic heterocycles. The fourth-order valence-electron chi connectivity index (χ4n) is 4.68. The molecule has 6 nitrogen and oxygen atoms in total. The molecule has 31 heavy (non-hydrogen) atoms. The van der Waals surface area contributed by atoms with E-state index < -0.39 is 5.41 Å². The molecule has 0 bridgehead atoms. The molecule has 2 fully saturated rings. The van der Waals surface area contributed by atoms with E-state index in [9.17, 15) is 9.59 Å². The van der Waals surface area contributed by atoms with Crippen LogP contribution < -0.4 is 10.2 Å². The van der Waals surface area contributed by atoms with Gasteiger partial charge in [-0.1, -0.05) is 43.2 Å². The van der Waals surface area contributed by atoms with Crippen molar-refractivity contribution in [1.29, 1.82) is 0 Å². The molecule has 1 aliphatic carbocycles. The monoisotopic (exact) mass is 422 g/mol. The number of hydrogen-bond donors (Lipinski definition) is 1. The zero-order chi connectivity index (χ0) is 21.7. The minimum Gasteiger partial charge on any atom is -0.462 e. The lowest BCUT2D eigenvalue weighted by Gasteiger charge is -2.33. The van der Waals surface area contributed by atoms with E-state index in [1.807, 2.05) is 36.4 Å². The van der Waals surface area contributed by atoms with E-state index in [0.717, 1.165) is 50.0 Å². The minimum absolute atomic E-state index is 0.00767. The molecule has 0 spiro atoms. The smallest absolute Gasteiger partial charge is 0.338 e. The van der Waals surface area contributed by atoms with Crippen molar-refractivity contribution in [2.24, 2.45) is 0 Å². The standard InChI is InChI=1S/C25H30N2O4/c1-2-31-23(28)19-10-11-22(27-14-16-30-17-15-27)21(18-19)26-24(29)25(12-6-7-13-25)20-8-4-3-5-9-20/h3-5,8-11,18H,2,6-7,12-17H2,1H3,(H,26,29). The average Bonchev–Trinajstić information content (AvgIpc) is 3.32. The number of carbonyl (C=O) groups is 2. The van der Waals surface area contributed by atoms with Crippen molar-refractivity contribution in [2.75, 3.05) is 43.1 Å². The lowest BCUT2D eigenvalue weighted by molar-refractivity contribution is -0.121. The fraction of sp³-hybridized carbons (Fsp3) is 0.440. The number of nitrogens with zero attached hydrogens (tertiary/aromatic N) is 1. The Bertz CT molecular complexity index is 916. The van der Waals surface area contributed by atoms with Crippen molar-refractivity contribution >= 4 is 23.3 Å². The molecule has 2 aromatic rings. The first kappa shape index (κ1) is 21.4. The van der Waals surface area contributed by atoms with Gasteiger partial charge in [0.1, 0.15) is 0 Å². The van der Waals surface area contributed by atoms with E-state index in [1.54, 1.807) is 19.1 Å². The Morgan fingerprint density at radius 1 is 1.06 bits per heavy atom. The topological polar surface area (TPSA) is 67.9 Å². The number of benzene rings is 2. The number of amides is 1. The van der Waals surface area contributed by atoms with Crippen molar-refractivity contribution in [3.05, 3.63) is 59.7 Å². The highest BCUT2D eigenvalue weighted by atomic mass is 16.5. The van der Waals surface area contributed by atoms with Crippen LogP contribution in [0, 0.1) is 0 Å². The number of morpholine rings is 1. The van der Waals surface area contributed by atoms with Gasteiger partial charge in [-0.3, -0.25) is 4.79 Å². The third kappa shape index (κ3) is 4.44. The van der Waals surface area contributed by atoms with Crippen LogP contribution in [0.25, 0.3) is 0 Å². The fourth-order valence-corrected chi connectivity index (χ4v) is 4.68. The molecular formula is C25H30N2O4. The van der Waals surface area contributed by atoms with Gasteiger partial charge in [0.25, 0.3) is 0 Å². The molecular weight excluding hydrogens is 392 g/mol. The first-order valence-corrected chi connectivity index (χ1v) is 11.1. The highest BCUT2D eigenvalue weighted by Crippen LogP contribution is 2.42. The van der Waals surface area contributed by atoms with Gasteiger partial charge in [0.2, 0.25) is 5.91 Å². The predicted octanol–water partition coefficient (Wildman–Crippen LogP) is 4.15. The van der Waals surface area contributed by atoms with E-state index in [4.69, 9.17) is 9.47 Å². The molecule has 0 unspecified atom stereocenters. The van der Waals surface area contributed by atoms with Crippen molar-refractivity contribution in [2.45, 2.75) is 38.0 Å². The molecule has 2 aromatic carbocycles. The SMILES string of the molecule is CCOC(=O)c1ccc(N2CCOCC2)c(NC(=O)C2(c3ccccc3)CCCC2)c1. The van der Waals surface area contributed by atoms with E-state index in [0.29, 0.717) is 31.1 Å². The molecule has 6 heteroatoms. The quantitative estimate of drug-likeness (QED) is 0.709. The number of ether oxygens (including phenoxy) is 2. The normalized spacial score (nSPS) is 17.9. The number of rotatable bonds is 6. The van der Waals surface area contributed by atoms with Gasteiger partial charge in [-0.05, 0) is 43.5 Å². The summed E-state index contributed by atoms with van der Waals surface area (Å²) in [6.45, 7) is 4.86. The van der Waals surface area contributed by atoms with Gasteiger partial charge in [0.15, 0.2) is 0 Å². The number of carbonyl (C=O) groups excluding carboxylic acids is 2. The van der Waals surface area contributed by atoms with Crippen LogP contribution in [0.4, 0.5) is 11.4 Å². The van der Waals surface area contributed by atoms with E-state index in [1.165, 1.54) is 0 Å². The van der Waals surface area contributed by atoms with Crippen molar-refractivity contribution < 1.29 is 19.1 Å². The highest BCUT2D eigenvalue weighted by Gasteiger charge is 2.42. The van der Waals surface area contributed by atoms with Gasteiger partial charge in [-0.2, -0.15) is 0 Å². The molecule has 1 saturated heterocycles. The second-order valence-corrected chi connectivity index (χ2v) is 8.16. The molecule has 2 aliphatic rings. The second-order valence-electron chi connectivity index (χ2n) is 8.16. The van der Waals surface area contributed by atoms with Gasteiger partial charge in [0, 0.05) is 13.1 Å².